The van der Waals surface area contributed by atoms with Crippen molar-refractivity contribution in [1.82, 2.24) is 4.90 Å². The van der Waals surface area contributed by atoms with Crippen LogP contribution in [0.25, 0.3) is 0 Å². The molecular formula is C14H23N. The second-order valence-electron chi connectivity index (χ2n) is 4.51. The molecule has 0 saturated carbocycles. The summed E-state index contributed by atoms with van der Waals surface area (Å²) in [6, 6.07) is 0.546. The normalized spacial score (nSPS) is 18.7. The lowest BCUT2D eigenvalue weighted by atomic mass is 10.0. The number of allylic oxidation sites excluding steroid dienone is 2. The van der Waals surface area contributed by atoms with Crippen LogP contribution in [0.1, 0.15) is 32.6 Å². The topological polar surface area (TPSA) is 3.24 Å². The second kappa shape index (κ2) is 5.92. The number of hydrogen-bond donors (Lipinski definition) is 0. The van der Waals surface area contributed by atoms with Gasteiger partial charge in [-0.1, -0.05) is 37.0 Å². The molecule has 0 bridgehead atoms. The van der Waals surface area contributed by atoms with Gasteiger partial charge in [0.25, 0.3) is 0 Å². The molecule has 1 rings (SSSR count). The molecule has 1 fully saturated rings. The van der Waals surface area contributed by atoms with Gasteiger partial charge in [-0.15, -0.1) is 0 Å². The maximum atomic E-state index is 4.11. The van der Waals surface area contributed by atoms with E-state index < -0.39 is 0 Å². The Balaban J connectivity index is 2.46. The van der Waals surface area contributed by atoms with Gasteiger partial charge in [0.2, 0.25) is 0 Å². The monoisotopic (exact) mass is 205 g/mol. The average Bonchev–Trinajstić information content (AvgIpc) is 2.70. The van der Waals surface area contributed by atoms with Crippen molar-refractivity contribution in [3.63, 3.8) is 0 Å². The zero-order chi connectivity index (χ0) is 11.3. The molecule has 0 aromatic carbocycles. The third-order valence-electron chi connectivity index (χ3n) is 3.18. The van der Waals surface area contributed by atoms with Crippen LogP contribution in [-0.4, -0.2) is 24.0 Å². The molecule has 0 aromatic rings. The van der Waals surface area contributed by atoms with E-state index in [1.807, 2.05) is 6.08 Å². The van der Waals surface area contributed by atoms with Gasteiger partial charge in [-0.25, -0.2) is 0 Å². The first-order valence-corrected chi connectivity index (χ1v) is 5.85. The molecule has 1 atom stereocenters. The van der Waals surface area contributed by atoms with Crippen molar-refractivity contribution < 1.29 is 0 Å². The Labute approximate surface area is 94.2 Å². The highest BCUT2D eigenvalue weighted by atomic mass is 15.2. The van der Waals surface area contributed by atoms with E-state index >= 15 is 0 Å². The maximum Gasteiger partial charge on any atom is 0.0305 e. The first-order chi connectivity index (χ1) is 7.15. The molecule has 1 aliphatic rings. The molecule has 0 amide bonds. The molecule has 0 radical (unpaired) electrons. The minimum Gasteiger partial charge on any atom is -0.297 e. The summed E-state index contributed by atoms with van der Waals surface area (Å²) in [5.74, 6) is 0. The second-order valence-corrected chi connectivity index (χ2v) is 4.51. The quantitative estimate of drug-likeness (QED) is 0.473. The molecule has 0 aromatic heterocycles. The van der Waals surface area contributed by atoms with Crippen molar-refractivity contribution in [2.75, 3.05) is 13.1 Å². The summed E-state index contributed by atoms with van der Waals surface area (Å²) in [5.41, 5.74) is 2.43. The summed E-state index contributed by atoms with van der Waals surface area (Å²) >= 11 is 0. The fraction of sp³-hybridized carbons (Fsp3) is 0.571. The summed E-state index contributed by atoms with van der Waals surface area (Å²) < 4.78 is 0. The Kier molecular flexibility index (Phi) is 4.83. The largest absolute Gasteiger partial charge is 0.297 e. The average molecular weight is 205 g/mol. The molecule has 84 valence electrons. The van der Waals surface area contributed by atoms with Gasteiger partial charge in [-0.2, -0.15) is 0 Å². The highest BCUT2D eigenvalue weighted by Gasteiger charge is 2.21. The van der Waals surface area contributed by atoms with Gasteiger partial charge >= 0.3 is 0 Å². The fourth-order valence-electron chi connectivity index (χ4n) is 2.22. The van der Waals surface area contributed by atoms with E-state index in [4.69, 9.17) is 0 Å². The molecule has 0 aliphatic carbocycles. The number of hydrogen-bond acceptors (Lipinski definition) is 1. The molecule has 1 aliphatic heterocycles. The van der Waals surface area contributed by atoms with E-state index in [2.05, 4.69) is 31.6 Å². The van der Waals surface area contributed by atoms with Crippen molar-refractivity contribution in [2.45, 2.75) is 38.6 Å². The molecule has 1 heterocycles. The lowest BCUT2D eigenvalue weighted by Crippen LogP contribution is -2.33. The summed E-state index contributed by atoms with van der Waals surface area (Å²) in [6.45, 7) is 16.4. The zero-order valence-electron chi connectivity index (χ0n) is 9.97. The van der Waals surface area contributed by atoms with Crippen LogP contribution >= 0.6 is 0 Å². The Morgan fingerprint density at radius 2 is 1.93 bits per heavy atom. The van der Waals surface area contributed by atoms with Gasteiger partial charge in [0.1, 0.15) is 0 Å². The van der Waals surface area contributed by atoms with Gasteiger partial charge in [-0.3, -0.25) is 4.90 Å². The van der Waals surface area contributed by atoms with Crippen molar-refractivity contribution in [3.05, 3.63) is 37.0 Å². The van der Waals surface area contributed by atoms with Crippen molar-refractivity contribution in [2.24, 2.45) is 0 Å². The van der Waals surface area contributed by atoms with Crippen molar-refractivity contribution in [1.29, 1.82) is 0 Å². The molecule has 1 saturated heterocycles. The maximum absolute atomic E-state index is 4.11. The Morgan fingerprint density at radius 1 is 1.33 bits per heavy atom. The smallest absolute Gasteiger partial charge is 0.0305 e. The molecule has 1 nitrogen and oxygen atoms in total. The molecular weight excluding hydrogens is 182 g/mol. The van der Waals surface area contributed by atoms with E-state index in [9.17, 15) is 0 Å². The Hall–Kier alpha value is -0.820. The van der Waals surface area contributed by atoms with Crippen LogP contribution < -0.4 is 0 Å². The zero-order valence-corrected chi connectivity index (χ0v) is 9.97. The minimum absolute atomic E-state index is 0.546. The molecule has 0 spiro atoms. The molecule has 1 unspecified atom stereocenters. The van der Waals surface area contributed by atoms with Crippen molar-refractivity contribution in [3.8, 4) is 0 Å². The first kappa shape index (κ1) is 12.3. The van der Waals surface area contributed by atoms with Crippen LogP contribution in [0.4, 0.5) is 0 Å². The lowest BCUT2D eigenvalue weighted by molar-refractivity contribution is 0.262. The summed E-state index contributed by atoms with van der Waals surface area (Å²) in [6.07, 6.45) is 6.72. The number of nitrogens with zero attached hydrogens (tertiary/aromatic N) is 1. The van der Waals surface area contributed by atoms with Crippen LogP contribution in [0.3, 0.4) is 0 Å². The highest BCUT2D eigenvalue weighted by molar-refractivity contribution is 5.13. The predicted octanol–water partition coefficient (Wildman–Crippen LogP) is 3.55. The van der Waals surface area contributed by atoms with E-state index in [1.165, 1.54) is 31.5 Å². The summed E-state index contributed by atoms with van der Waals surface area (Å²) in [4.78, 5) is 2.55. The van der Waals surface area contributed by atoms with Gasteiger partial charge in [-0.05, 0) is 45.7 Å². The van der Waals surface area contributed by atoms with Crippen LogP contribution in [0, 0.1) is 0 Å². The molecule has 1 heteroatoms. The van der Waals surface area contributed by atoms with Gasteiger partial charge in [0.05, 0.1) is 0 Å². The van der Waals surface area contributed by atoms with Crippen LogP contribution in [-0.2, 0) is 0 Å². The van der Waals surface area contributed by atoms with E-state index in [0.29, 0.717) is 6.04 Å². The van der Waals surface area contributed by atoms with E-state index in [-0.39, 0.29) is 0 Å². The van der Waals surface area contributed by atoms with E-state index in [1.54, 1.807) is 0 Å². The van der Waals surface area contributed by atoms with Gasteiger partial charge in [0.15, 0.2) is 0 Å². The summed E-state index contributed by atoms with van der Waals surface area (Å²) in [5, 5.41) is 0. The van der Waals surface area contributed by atoms with Gasteiger partial charge < -0.3 is 0 Å². The Morgan fingerprint density at radius 3 is 2.40 bits per heavy atom. The molecule has 15 heavy (non-hydrogen) atoms. The fourth-order valence-corrected chi connectivity index (χ4v) is 2.22. The van der Waals surface area contributed by atoms with Gasteiger partial charge in [0, 0.05) is 6.04 Å². The number of rotatable bonds is 6. The van der Waals surface area contributed by atoms with E-state index in [0.717, 1.165) is 18.4 Å². The van der Waals surface area contributed by atoms with Crippen LogP contribution in [0.5, 0.6) is 0 Å². The Bertz CT molecular complexity index is 246. The van der Waals surface area contributed by atoms with Crippen LogP contribution in [0.15, 0.2) is 37.0 Å². The molecule has 0 N–H and O–H groups in total. The third kappa shape index (κ3) is 3.67. The minimum atomic E-state index is 0.546. The lowest BCUT2D eigenvalue weighted by Gasteiger charge is -2.28. The van der Waals surface area contributed by atoms with Crippen molar-refractivity contribution >= 4 is 0 Å². The predicted molar refractivity (Wildman–Crippen MR) is 68.0 cm³/mol. The number of likely N-dealkylation sites (tertiary alicyclic amines) is 1. The van der Waals surface area contributed by atoms with Crippen LogP contribution in [0.2, 0.25) is 0 Å². The summed E-state index contributed by atoms with van der Waals surface area (Å²) in [7, 11) is 0. The standard InChI is InChI=1S/C14H23N/c1-5-13(4)8-9-14(12(2)3)15-10-6-7-11-15/h5,14H,1-2,4,6-11H2,3H3. The highest BCUT2D eigenvalue weighted by Crippen LogP contribution is 2.21. The first-order valence-electron chi connectivity index (χ1n) is 5.85. The third-order valence-corrected chi connectivity index (χ3v) is 3.18. The SMILES string of the molecule is C=CC(=C)CCC(C(=C)C)N1CCCC1.